The second kappa shape index (κ2) is 8.14. The Morgan fingerprint density at radius 1 is 1.15 bits per heavy atom. The van der Waals surface area contributed by atoms with E-state index in [4.69, 9.17) is 9.15 Å². The van der Waals surface area contributed by atoms with Crippen LogP contribution in [-0.4, -0.2) is 58.9 Å². The molecule has 0 aliphatic carbocycles. The van der Waals surface area contributed by atoms with E-state index < -0.39 is 0 Å². The molecule has 1 aliphatic heterocycles. The molecule has 3 aromatic rings. The summed E-state index contributed by atoms with van der Waals surface area (Å²) in [5, 5.41) is 0.846. The number of hydrogen-bond acceptors (Lipinski definition) is 8. The number of benzene rings is 1. The van der Waals surface area contributed by atoms with Gasteiger partial charge in [0.1, 0.15) is 11.3 Å². The number of rotatable bonds is 6. The normalized spacial score (nSPS) is 15.4. The number of methoxy groups -OCH3 is 1. The number of hydrogen-bond donors (Lipinski definition) is 0. The molecule has 1 saturated heterocycles. The minimum absolute atomic E-state index is 0.683. The third-order valence-corrected chi connectivity index (χ3v) is 5.35. The summed E-state index contributed by atoms with van der Waals surface area (Å²) in [7, 11) is 1.65. The van der Waals surface area contributed by atoms with Crippen molar-refractivity contribution in [3.8, 4) is 5.75 Å². The van der Waals surface area contributed by atoms with E-state index in [-0.39, 0.29) is 0 Å². The molecular formula is C19H23N5O2S. The van der Waals surface area contributed by atoms with Crippen molar-refractivity contribution in [1.82, 2.24) is 19.9 Å². The van der Waals surface area contributed by atoms with Crippen LogP contribution in [0.3, 0.4) is 0 Å². The zero-order valence-electron chi connectivity index (χ0n) is 15.6. The quantitative estimate of drug-likeness (QED) is 0.474. The summed E-state index contributed by atoms with van der Waals surface area (Å²) < 4.78 is 11.2. The fourth-order valence-electron chi connectivity index (χ4n) is 3.14. The number of fused-ring (bicyclic) bond motifs is 1. The summed E-state index contributed by atoms with van der Waals surface area (Å²) >= 11 is 1.66. The molecule has 4 rings (SSSR count). The van der Waals surface area contributed by atoms with Crippen molar-refractivity contribution in [2.24, 2.45) is 0 Å². The Bertz CT molecular complexity index is 891. The Labute approximate surface area is 162 Å². The van der Waals surface area contributed by atoms with Gasteiger partial charge in [-0.15, -0.1) is 0 Å². The largest absolute Gasteiger partial charge is 0.497 e. The van der Waals surface area contributed by atoms with Gasteiger partial charge in [0.15, 0.2) is 10.7 Å². The van der Waals surface area contributed by atoms with Gasteiger partial charge in [0, 0.05) is 56.7 Å². The van der Waals surface area contributed by atoms with Gasteiger partial charge in [-0.25, -0.2) is 9.97 Å². The number of thioether (sulfide) groups is 1. The SMILES string of the molecule is CCSc1ncc(CN2CCN(c3nc4ccc(OC)cc4o3)CC2)cn1. The molecule has 2 aromatic heterocycles. The summed E-state index contributed by atoms with van der Waals surface area (Å²) in [6.45, 7) is 6.65. The summed E-state index contributed by atoms with van der Waals surface area (Å²) in [6, 6.07) is 6.39. The highest BCUT2D eigenvalue weighted by Gasteiger charge is 2.21. The minimum atomic E-state index is 0.683. The van der Waals surface area contributed by atoms with Crippen LogP contribution in [0, 0.1) is 0 Å². The Kier molecular flexibility index (Phi) is 5.45. The lowest BCUT2D eigenvalue weighted by Crippen LogP contribution is -2.46. The standard InChI is InChI=1S/C19H23N5O2S/c1-3-27-18-20-11-14(12-21-18)13-23-6-8-24(9-7-23)19-22-16-5-4-15(25-2)10-17(16)26-19/h4-5,10-12H,3,6-9,13H2,1-2H3. The van der Waals surface area contributed by atoms with Crippen molar-refractivity contribution in [1.29, 1.82) is 0 Å². The first-order valence-corrected chi connectivity index (χ1v) is 10.1. The van der Waals surface area contributed by atoms with Crippen LogP contribution in [0.4, 0.5) is 6.01 Å². The molecule has 8 heteroatoms. The molecule has 142 valence electrons. The smallest absolute Gasteiger partial charge is 0.298 e. The van der Waals surface area contributed by atoms with E-state index in [0.717, 1.165) is 66.0 Å². The minimum Gasteiger partial charge on any atom is -0.497 e. The number of aromatic nitrogens is 3. The molecule has 0 bridgehead atoms. The first-order valence-electron chi connectivity index (χ1n) is 9.11. The van der Waals surface area contributed by atoms with E-state index in [2.05, 4.69) is 31.7 Å². The maximum absolute atomic E-state index is 5.93. The molecule has 0 radical (unpaired) electrons. The molecule has 0 atom stereocenters. The molecule has 1 fully saturated rings. The third kappa shape index (κ3) is 4.17. The van der Waals surface area contributed by atoms with Gasteiger partial charge < -0.3 is 14.1 Å². The molecule has 7 nitrogen and oxygen atoms in total. The summed E-state index contributed by atoms with van der Waals surface area (Å²) in [6.07, 6.45) is 3.87. The zero-order valence-corrected chi connectivity index (χ0v) is 16.4. The van der Waals surface area contributed by atoms with E-state index in [1.807, 2.05) is 30.6 Å². The Hall–Kier alpha value is -2.32. The highest BCUT2D eigenvalue weighted by Crippen LogP contribution is 2.26. The molecule has 0 amide bonds. The van der Waals surface area contributed by atoms with Gasteiger partial charge in [0.2, 0.25) is 0 Å². The van der Waals surface area contributed by atoms with Crippen LogP contribution < -0.4 is 9.64 Å². The number of oxazole rings is 1. The number of piperazine rings is 1. The summed E-state index contributed by atoms with van der Waals surface area (Å²) in [4.78, 5) is 18.0. The average molecular weight is 385 g/mol. The van der Waals surface area contributed by atoms with Crippen LogP contribution in [0.25, 0.3) is 11.1 Å². The molecule has 1 aromatic carbocycles. The van der Waals surface area contributed by atoms with Gasteiger partial charge in [-0.2, -0.15) is 4.98 Å². The summed E-state index contributed by atoms with van der Waals surface area (Å²) in [5.74, 6) is 1.77. The molecule has 0 unspecified atom stereocenters. The molecule has 0 saturated carbocycles. The molecule has 27 heavy (non-hydrogen) atoms. The van der Waals surface area contributed by atoms with Crippen LogP contribution >= 0.6 is 11.8 Å². The van der Waals surface area contributed by atoms with Crippen LogP contribution in [0.5, 0.6) is 5.75 Å². The summed E-state index contributed by atoms with van der Waals surface area (Å²) in [5.41, 5.74) is 2.77. The van der Waals surface area contributed by atoms with Crippen molar-refractivity contribution >= 4 is 28.9 Å². The van der Waals surface area contributed by atoms with Crippen LogP contribution in [0.15, 0.2) is 40.2 Å². The Morgan fingerprint density at radius 3 is 2.63 bits per heavy atom. The molecular weight excluding hydrogens is 362 g/mol. The van der Waals surface area contributed by atoms with Gasteiger partial charge in [0.05, 0.1) is 7.11 Å². The fourth-order valence-corrected chi connectivity index (χ4v) is 3.65. The maximum Gasteiger partial charge on any atom is 0.298 e. The molecule has 0 spiro atoms. The van der Waals surface area contributed by atoms with Crippen LogP contribution in [0.2, 0.25) is 0 Å². The molecule has 3 heterocycles. The highest BCUT2D eigenvalue weighted by molar-refractivity contribution is 7.99. The van der Waals surface area contributed by atoms with E-state index in [1.54, 1.807) is 18.9 Å². The van der Waals surface area contributed by atoms with Crippen molar-refractivity contribution in [2.75, 3.05) is 43.9 Å². The average Bonchev–Trinajstić information content (AvgIpc) is 3.13. The molecule has 0 N–H and O–H groups in total. The second-order valence-corrected chi connectivity index (χ2v) is 7.63. The van der Waals surface area contributed by atoms with E-state index in [1.165, 1.54) is 0 Å². The van der Waals surface area contributed by atoms with E-state index in [0.29, 0.717) is 6.01 Å². The monoisotopic (exact) mass is 385 g/mol. The Balaban J connectivity index is 1.35. The lowest BCUT2D eigenvalue weighted by Gasteiger charge is -2.33. The van der Waals surface area contributed by atoms with Crippen LogP contribution in [0.1, 0.15) is 12.5 Å². The first kappa shape index (κ1) is 18.1. The fraction of sp³-hybridized carbons (Fsp3) is 0.421. The van der Waals surface area contributed by atoms with Gasteiger partial charge in [-0.3, -0.25) is 4.90 Å². The van der Waals surface area contributed by atoms with Gasteiger partial charge >= 0.3 is 0 Å². The topological polar surface area (TPSA) is 67.5 Å². The van der Waals surface area contributed by atoms with E-state index >= 15 is 0 Å². The van der Waals surface area contributed by atoms with Crippen molar-refractivity contribution in [3.63, 3.8) is 0 Å². The second-order valence-electron chi connectivity index (χ2n) is 6.40. The number of nitrogens with zero attached hydrogens (tertiary/aromatic N) is 5. The van der Waals surface area contributed by atoms with Gasteiger partial charge in [0.25, 0.3) is 6.01 Å². The van der Waals surface area contributed by atoms with Gasteiger partial charge in [-0.05, 0) is 17.9 Å². The highest BCUT2D eigenvalue weighted by atomic mass is 32.2. The Morgan fingerprint density at radius 2 is 1.93 bits per heavy atom. The predicted octanol–water partition coefficient (Wildman–Crippen LogP) is 3.06. The first-order chi connectivity index (χ1) is 13.2. The van der Waals surface area contributed by atoms with Crippen molar-refractivity contribution in [2.45, 2.75) is 18.6 Å². The number of anilines is 1. The zero-order chi connectivity index (χ0) is 18.6. The van der Waals surface area contributed by atoms with Crippen LogP contribution in [-0.2, 0) is 6.54 Å². The lowest BCUT2D eigenvalue weighted by atomic mass is 10.2. The van der Waals surface area contributed by atoms with Crippen molar-refractivity contribution < 1.29 is 9.15 Å². The van der Waals surface area contributed by atoms with Gasteiger partial charge in [-0.1, -0.05) is 18.7 Å². The number of ether oxygens (including phenoxy) is 1. The lowest BCUT2D eigenvalue weighted by molar-refractivity contribution is 0.245. The van der Waals surface area contributed by atoms with E-state index in [9.17, 15) is 0 Å². The molecule has 1 aliphatic rings. The van der Waals surface area contributed by atoms with Crippen molar-refractivity contribution in [3.05, 3.63) is 36.2 Å². The third-order valence-electron chi connectivity index (χ3n) is 4.59. The predicted molar refractivity (Wildman–Crippen MR) is 106 cm³/mol. The maximum atomic E-state index is 5.93.